The van der Waals surface area contributed by atoms with Crippen molar-refractivity contribution < 1.29 is 0 Å². The second-order valence-corrected chi connectivity index (χ2v) is 16.8. The zero-order valence-corrected chi connectivity index (χ0v) is 13.3. The molecule has 15 heavy (non-hydrogen) atoms. The first-order chi connectivity index (χ1) is 7.09. The Morgan fingerprint density at radius 1 is 0.733 bits per heavy atom. The molecule has 2 aliphatic rings. The van der Waals surface area contributed by atoms with Crippen LogP contribution in [0, 0.1) is 0 Å². The molecule has 2 saturated carbocycles. The minimum absolute atomic E-state index is 0.733. The monoisotopic (exact) mass is 264 g/mol. The van der Waals surface area contributed by atoms with E-state index in [-0.39, 0.29) is 0 Å². The topological polar surface area (TPSA) is 0 Å². The summed E-state index contributed by atoms with van der Waals surface area (Å²) in [5.74, 6) is 0. The fourth-order valence-corrected chi connectivity index (χ4v) is 17.0. The third-order valence-electron chi connectivity index (χ3n) is 4.82. The van der Waals surface area contributed by atoms with Gasteiger partial charge in [-0.05, 0) is 0 Å². The Morgan fingerprint density at radius 3 is 1.33 bits per heavy atom. The van der Waals surface area contributed by atoms with Gasteiger partial charge in [0.25, 0.3) is 0 Å². The molecule has 2 aliphatic carbocycles. The van der Waals surface area contributed by atoms with Crippen molar-refractivity contribution >= 4 is 16.2 Å². The number of rotatable bonds is 2. The van der Waals surface area contributed by atoms with Gasteiger partial charge in [0.1, 0.15) is 0 Å². The second-order valence-electron chi connectivity index (χ2n) is 6.98. The van der Waals surface area contributed by atoms with Gasteiger partial charge in [0.15, 0.2) is 0 Å². The van der Waals surface area contributed by atoms with E-state index < -0.39 is 16.2 Å². The van der Waals surface area contributed by atoms with Gasteiger partial charge >= 0.3 is 101 Å². The zero-order chi connectivity index (χ0) is 10.9. The van der Waals surface area contributed by atoms with E-state index in [1.54, 1.807) is 51.4 Å². The summed E-state index contributed by atoms with van der Waals surface area (Å²) in [4.78, 5) is 0. The van der Waals surface area contributed by atoms with E-state index >= 15 is 0 Å². The first-order valence-corrected chi connectivity index (χ1v) is 11.1. The molecule has 1 heteroatoms. The predicted molar refractivity (Wildman–Crippen MR) is 69.9 cm³/mol. The Balaban J connectivity index is 2.07. The molecule has 0 aliphatic heterocycles. The Bertz CT molecular complexity index is 176. The van der Waals surface area contributed by atoms with E-state index in [0.717, 1.165) is 3.97 Å². The summed E-state index contributed by atoms with van der Waals surface area (Å²) in [7, 11) is 0. The SMILES string of the molecule is C[C](C)(C)[Ga]([CH]1CCCC1)[CH]1CCCC1. The van der Waals surface area contributed by atoms with Gasteiger partial charge in [-0.3, -0.25) is 0 Å². The predicted octanol–water partition coefficient (Wildman–Crippen LogP) is 5.17. The maximum absolute atomic E-state index is 2.56. The van der Waals surface area contributed by atoms with Crippen molar-refractivity contribution in [3.05, 3.63) is 0 Å². The fraction of sp³-hybridized carbons (Fsp3) is 1.00. The quantitative estimate of drug-likeness (QED) is 0.604. The molecule has 0 atom stereocenters. The minimum atomic E-state index is -1.07. The third-order valence-corrected chi connectivity index (χ3v) is 16.1. The van der Waals surface area contributed by atoms with E-state index in [1.165, 1.54) is 8.94 Å². The van der Waals surface area contributed by atoms with Crippen molar-refractivity contribution in [1.29, 1.82) is 0 Å². The zero-order valence-electron chi connectivity index (χ0n) is 10.9. The average molecular weight is 265 g/mol. The van der Waals surface area contributed by atoms with Crippen molar-refractivity contribution in [3.63, 3.8) is 0 Å². The van der Waals surface area contributed by atoms with Gasteiger partial charge in [-0.25, -0.2) is 0 Å². The Morgan fingerprint density at radius 2 is 1.07 bits per heavy atom. The van der Waals surface area contributed by atoms with Gasteiger partial charge in [0.05, 0.1) is 0 Å². The molecule has 0 amide bonds. The van der Waals surface area contributed by atoms with Crippen LogP contribution in [0.25, 0.3) is 0 Å². The molecule has 0 unspecified atom stereocenters. The second kappa shape index (κ2) is 4.87. The average Bonchev–Trinajstić information content (AvgIpc) is 2.73. The molecule has 0 nitrogen and oxygen atoms in total. The molecule has 0 N–H and O–H groups in total. The van der Waals surface area contributed by atoms with E-state index in [1.807, 2.05) is 0 Å². The van der Waals surface area contributed by atoms with Crippen LogP contribution in [-0.4, -0.2) is 16.2 Å². The molecule has 0 saturated heterocycles. The summed E-state index contributed by atoms with van der Waals surface area (Å²) in [6.07, 6.45) is 12.6. The van der Waals surface area contributed by atoms with E-state index in [2.05, 4.69) is 20.8 Å². The van der Waals surface area contributed by atoms with Crippen LogP contribution < -0.4 is 0 Å². The third kappa shape index (κ3) is 2.85. The van der Waals surface area contributed by atoms with Crippen LogP contribution in [0.15, 0.2) is 0 Å². The summed E-state index contributed by atoms with van der Waals surface area (Å²) in [6, 6.07) is 0. The van der Waals surface area contributed by atoms with Crippen LogP contribution in [0.4, 0.5) is 0 Å². The first-order valence-electron chi connectivity index (χ1n) is 7.09. The molecule has 0 spiro atoms. The van der Waals surface area contributed by atoms with E-state index in [0.29, 0.717) is 0 Å². The fourth-order valence-electron chi connectivity index (χ4n) is 4.43. The van der Waals surface area contributed by atoms with Crippen LogP contribution in [0.1, 0.15) is 72.1 Å². The summed E-state index contributed by atoms with van der Waals surface area (Å²) in [6.45, 7) is 7.69. The van der Waals surface area contributed by atoms with Gasteiger partial charge in [0, 0.05) is 0 Å². The van der Waals surface area contributed by atoms with E-state index in [9.17, 15) is 0 Å². The molecule has 86 valence electrons. The van der Waals surface area contributed by atoms with Crippen molar-refractivity contribution in [2.45, 2.75) is 85.1 Å². The van der Waals surface area contributed by atoms with Crippen LogP contribution in [-0.2, 0) is 0 Å². The molecule has 2 fully saturated rings. The first kappa shape index (κ1) is 12.1. The van der Waals surface area contributed by atoms with Crippen molar-refractivity contribution in [1.82, 2.24) is 0 Å². The molecular formula is C14H27Ga. The Hall–Kier alpha value is 0.636. The Kier molecular flexibility index (Phi) is 3.93. The molecular weight excluding hydrogens is 238 g/mol. The van der Waals surface area contributed by atoms with Crippen LogP contribution in [0.5, 0.6) is 0 Å². The van der Waals surface area contributed by atoms with Crippen LogP contribution in [0.2, 0.25) is 12.9 Å². The summed E-state index contributed by atoms with van der Waals surface area (Å²) in [5.41, 5.74) is 0. The summed E-state index contributed by atoms with van der Waals surface area (Å²) < 4.78 is 3.23. The van der Waals surface area contributed by atoms with Gasteiger partial charge in [0.2, 0.25) is 0 Å². The van der Waals surface area contributed by atoms with E-state index in [4.69, 9.17) is 0 Å². The summed E-state index contributed by atoms with van der Waals surface area (Å²) >= 11 is -1.07. The van der Waals surface area contributed by atoms with Crippen molar-refractivity contribution in [2.24, 2.45) is 0 Å². The molecule has 0 bridgehead atoms. The molecule has 0 aromatic carbocycles. The standard InChI is InChI=1S/2C5H9.C4H9.Ga/c2*1-2-4-5-3-1;1-4(2)3;/h2*1H,2-5H2;1-3H3;. The van der Waals surface area contributed by atoms with Crippen LogP contribution in [0.3, 0.4) is 0 Å². The van der Waals surface area contributed by atoms with Gasteiger partial charge < -0.3 is 0 Å². The molecule has 2 rings (SSSR count). The van der Waals surface area contributed by atoms with Crippen molar-refractivity contribution in [2.75, 3.05) is 0 Å². The van der Waals surface area contributed by atoms with Gasteiger partial charge in [-0.15, -0.1) is 0 Å². The molecule has 0 aromatic rings. The summed E-state index contributed by atoms with van der Waals surface area (Å²) in [5, 5.41) is 0. The molecule has 0 heterocycles. The molecule has 0 radical (unpaired) electrons. The Labute approximate surface area is 101 Å². The van der Waals surface area contributed by atoms with Crippen LogP contribution >= 0.6 is 0 Å². The van der Waals surface area contributed by atoms with Gasteiger partial charge in [-0.1, -0.05) is 0 Å². The number of hydrogen-bond donors (Lipinski definition) is 0. The normalized spacial score (nSPS) is 25.0. The van der Waals surface area contributed by atoms with Crippen molar-refractivity contribution in [3.8, 4) is 0 Å². The van der Waals surface area contributed by atoms with Gasteiger partial charge in [-0.2, -0.15) is 0 Å². The maximum atomic E-state index is 2.56. The molecule has 0 aromatic heterocycles. The number of hydrogen-bond acceptors (Lipinski definition) is 0.